The van der Waals surface area contributed by atoms with Gasteiger partial charge >= 0.3 is 11.9 Å². The van der Waals surface area contributed by atoms with E-state index in [2.05, 4.69) is 32.7 Å². The van der Waals surface area contributed by atoms with Gasteiger partial charge in [-0.05, 0) is 82.6 Å². The molecule has 382 valence electrons. The number of ether oxygens (including phenoxy) is 4. The maximum Gasteiger partial charge on any atom is 0.325 e. The number of benzene rings is 6. The smallest absolute Gasteiger partial charge is 0.325 e. The molecular formula is C60H50Cl2N6O8. The third-order valence-corrected chi connectivity index (χ3v) is 13.2. The Hall–Kier alpha value is -8.76. The largest absolute Gasteiger partial charge is 0.488 e. The number of aromatic nitrogens is 2. The first-order valence-electron chi connectivity index (χ1n) is 23.9. The molecule has 0 aliphatic rings. The lowest BCUT2D eigenvalue weighted by Crippen LogP contribution is -2.28. The molecule has 8 aromatic rings. The second-order valence-electron chi connectivity index (χ2n) is 17.6. The van der Waals surface area contributed by atoms with Gasteiger partial charge in [-0.25, -0.2) is 0 Å². The predicted molar refractivity (Wildman–Crippen MR) is 287 cm³/mol. The lowest BCUT2D eigenvalue weighted by atomic mass is 9.92. The first kappa shape index (κ1) is 53.5. The quantitative estimate of drug-likeness (QED) is 0.0470. The molecule has 0 saturated carbocycles. The Morgan fingerprint density at radius 3 is 1.29 bits per heavy atom. The molecular weight excluding hydrogens is 1000 g/mol. The molecule has 0 spiro atoms. The summed E-state index contributed by atoms with van der Waals surface area (Å²) >= 11 is 13.8. The van der Waals surface area contributed by atoms with Gasteiger partial charge in [0.25, 0.3) is 0 Å². The van der Waals surface area contributed by atoms with Crippen LogP contribution in [0.25, 0.3) is 11.1 Å². The number of rotatable bonds is 23. The fraction of sp³-hybridized carbons (Fsp3) is 0.167. The molecule has 2 aromatic heterocycles. The van der Waals surface area contributed by atoms with Crippen molar-refractivity contribution in [2.24, 2.45) is 0 Å². The zero-order valence-corrected chi connectivity index (χ0v) is 42.8. The molecule has 0 aliphatic carbocycles. The van der Waals surface area contributed by atoms with Gasteiger partial charge in [0.1, 0.15) is 73.6 Å². The third-order valence-electron chi connectivity index (χ3n) is 12.6. The fourth-order valence-corrected chi connectivity index (χ4v) is 8.96. The highest BCUT2D eigenvalue weighted by Crippen LogP contribution is 2.38. The molecule has 0 unspecified atom stereocenters. The third kappa shape index (κ3) is 13.5. The highest BCUT2D eigenvalue weighted by Gasteiger charge is 2.23. The highest BCUT2D eigenvalue weighted by molar-refractivity contribution is 6.32. The number of carbonyl (C=O) groups is 2. The molecule has 0 radical (unpaired) electrons. The van der Waals surface area contributed by atoms with Crippen LogP contribution in [0.15, 0.2) is 158 Å². The Bertz CT molecular complexity index is 3230. The van der Waals surface area contributed by atoms with Crippen molar-refractivity contribution in [3.8, 4) is 46.3 Å². The van der Waals surface area contributed by atoms with Crippen LogP contribution in [0, 0.1) is 36.5 Å². The number of carboxylic acid groups (broad SMARTS) is 2. The number of halogens is 2. The van der Waals surface area contributed by atoms with Crippen molar-refractivity contribution in [1.29, 1.82) is 10.5 Å². The van der Waals surface area contributed by atoms with Crippen LogP contribution in [0.2, 0.25) is 10.0 Å². The van der Waals surface area contributed by atoms with Gasteiger partial charge in [0.05, 0.1) is 21.2 Å². The minimum Gasteiger partial charge on any atom is -0.488 e. The lowest BCUT2D eigenvalue weighted by molar-refractivity contribution is -0.140. The molecule has 2 atom stereocenters. The Balaban J connectivity index is 1.00. The number of nitriles is 2. The van der Waals surface area contributed by atoms with E-state index in [-0.39, 0.29) is 39.5 Å². The molecule has 0 amide bonds. The van der Waals surface area contributed by atoms with Crippen molar-refractivity contribution < 1.29 is 38.7 Å². The van der Waals surface area contributed by atoms with E-state index in [0.29, 0.717) is 77.6 Å². The summed E-state index contributed by atoms with van der Waals surface area (Å²) in [7, 11) is 0. The van der Waals surface area contributed by atoms with Crippen molar-refractivity contribution in [1.82, 2.24) is 20.6 Å². The number of nitrogens with one attached hydrogen (secondary N) is 2. The summed E-state index contributed by atoms with van der Waals surface area (Å²) in [6, 6.07) is 42.0. The molecule has 14 nitrogen and oxygen atoms in total. The zero-order valence-electron chi connectivity index (χ0n) is 41.3. The molecule has 0 fully saturated rings. The SMILES string of the molecule is Cc1c(COc2cc(OCc3cncc(C#N)c3)c(CN[C@H](C(=O)O)c3ccccc3)cc2Cl)cccc1-c1cccc(COc2cc(OCc3cncc(C#N)c3)c(CN[C@H](C(=O)O)c3ccccc3)cc2Cl)c1C. The van der Waals surface area contributed by atoms with Crippen LogP contribution >= 0.6 is 23.2 Å². The Morgan fingerprint density at radius 1 is 0.513 bits per heavy atom. The molecule has 0 bridgehead atoms. The van der Waals surface area contributed by atoms with Crippen LogP contribution in [0.4, 0.5) is 0 Å². The van der Waals surface area contributed by atoms with E-state index in [1.54, 1.807) is 97.3 Å². The van der Waals surface area contributed by atoms with Gasteiger partial charge in [-0.3, -0.25) is 30.2 Å². The van der Waals surface area contributed by atoms with E-state index in [1.807, 2.05) is 62.4 Å². The molecule has 0 aliphatic heterocycles. The van der Waals surface area contributed by atoms with Crippen molar-refractivity contribution in [2.75, 3.05) is 0 Å². The van der Waals surface area contributed by atoms with Crippen LogP contribution in [0.5, 0.6) is 23.0 Å². The van der Waals surface area contributed by atoms with Crippen LogP contribution in [0.1, 0.15) is 78.8 Å². The number of hydrogen-bond donors (Lipinski definition) is 4. The van der Waals surface area contributed by atoms with Crippen molar-refractivity contribution in [3.63, 3.8) is 0 Å². The average Bonchev–Trinajstić information content (AvgIpc) is 3.43. The summed E-state index contributed by atoms with van der Waals surface area (Å²) in [6.07, 6.45) is 6.14. The van der Waals surface area contributed by atoms with E-state index in [1.165, 1.54) is 12.4 Å². The molecule has 6 aromatic carbocycles. The Kier molecular flexibility index (Phi) is 17.9. The number of aliphatic carboxylic acids is 2. The zero-order chi connectivity index (χ0) is 53.6. The molecule has 8 rings (SSSR count). The van der Waals surface area contributed by atoms with Crippen LogP contribution in [0.3, 0.4) is 0 Å². The monoisotopic (exact) mass is 1050 g/mol. The second-order valence-corrected chi connectivity index (χ2v) is 18.4. The maximum atomic E-state index is 12.3. The van der Waals surface area contributed by atoms with Gasteiger partial charge in [-0.2, -0.15) is 10.5 Å². The van der Waals surface area contributed by atoms with Gasteiger partial charge < -0.3 is 29.2 Å². The van der Waals surface area contributed by atoms with Crippen molar-refractivity contribution >= 4 is 35.1 Å². The summed E-state index contributed by atoms with van der Waals surface area (Å²) in [4.78, 5) is 33.0. The van der Waals surface area contributed by atoms with E-state index in [9.17, 15) is 30.3 Å². The van der Waals surface area contributed by atoms with E-state index in [0.717, 1.165) is 33.4 Å². The van der Waals surface area contributed by atoms with Gasteiger partial charge in [0.2, 0.25) is 0 Å². The van der Waals surface area contributed by atoms with Crippen LogP contribution in [-0.2, 0) is 49.1 Å². The average molecular weight is 1050 g/mol. The van der Waals surface area contributed by atoms with Gasteiger partial charge in [0.15, 0.2) is 0 Å². The van der Waals surface area contributed by atoms with E-state index < -0.39 is 24.0 Å². The standard InChI is InChI=1S/C60H50Cl2N6O8/c1-37-45(35-75-55-23-53(73-33-41-19-39(25-63)27-65-29-41)47(21-51(55)61)31-67-57(59(69)70)43-11-5-3-6-12-43)15-9-17-49(37)50-18-10-16-46(38(50)2)36-76-56-24-54(74-34-42-20-40(26-64)28-66-30-42)48(22-52(56)62)32-68-58(60(71)72)44-13-7-4-8-14-44/h3-24,27-30,57-58,67-68H,31-36H2,1-2H3,(H,69,70)(H,71,72)/t57-,58-/m0/s1. The minimum atomic E-state index is -1.04. The normalized spacial score (nSPS) is 11.7. The van der Waals surface area contributed by atoms with E-state index >= 15 is 0 Å². The molecule has 0 saturated heterocycles. The molecule has 16 heteroatoms. The summed E-state index contributed by atoms with van der Waals surface area (Å²) < 4.78 is 25.4. The van der Waals surface area contributed by atoms with Crippen LogP contribution < -0.4 is 29.6 Å². The number of hydrogen-bond acceptors (Lipinski definition) is 12. The van der Waals surface area contributed by atoms with Gasteiger partial charge in [-0.15, -0.1) is 0 Å². The van der Waals surface area contributed by atoms with Gasteiger partial charge in [0, 0.05) is 72.3 Å². The van der Waals surface area contributed by atoms with Crippen molar-refractivity contribution in [3.05, 3.63) is 235 Å². The lowest BCUT2D eigenvalue weighted by Gasteiger charge is -2.20. The summed E-state index contributed by atoms with van der Waals surface area (Å²) in [5.41, 5.74) is 10.2. The summed E-state index contributed by atoms with van der Waals surface area (Å²) in [6.45, 7) is 4.69. The van der Waals surface area contributed by atoms with Gasteiger partial charge in [-0.1, -0.05) is 120 Å². The topological polar surface area (TPSA) is 209 Å². The minimum absolute atomic E-state index is 0.0688. The summed E-state index contributed by atoms with van der Waals surface area (Å²) in [5.74, 6) is -0.590. The molecule has 2 heterocycles. The number of carboxylic acids is 2. The van der Waals surface area contributed by atoms with E-state index in [4.69, 9.17) is 42.1 Å². The summed E-state index contributed by atoms with van der Waals surface area (Å²) in [5, 5.41) is 45.9. The Labute approximate surface area is 449 Å². The first-order chi connectivity index (χ1) is 36.9. The fourth-order valence-electron chi connectivity index (χ4n) is 8.48. The highest BCUT2D eigenvalue weighted by atomic mass is 35.5. The first-order valence-corrected chi connectivity index (χ1v) is 24.7. The Morgan fingerprint density at radius 2 is 0.908 bits per heavy atom. The van der Waals surface area contributed by atoms with Crippen molar-refractivity contribution in [2.45, 2.75) is 65.4 Å². The molecule has 76 heavy (non-hydrogen) atoms. The predicted octanol–water partition coefficient (Wildman–Crippen LogP) is 12.0. The maximum absolute atomic E-state index is 12.3. The number of nitrogens with zero attached hydrogens (tertiary/aromatic N) is 4. The number of pyridine rings is 2. The van der Waals surface area contributed by atoms with Crippen LogP contribution in [-0.4, -0.2) is 32.1 Å². The molecule has 4 N–H and O–H groups in total. The second kappa shape index (κ2) is 25.5.